The second kappa shape index (κ2) is 7.79. The molecular weight excluding hydrogens is 384 g/mol. The lowest BCUT2D eigenvalue weighted by atomic mass is 9.83. The molecule has 146 valence electrons. The Balaban J connectivity index is 0.000000369. The third kappa shape index (κ3) is 4.22. The second-order valence-electron chi connectivity index (χ2n) is 7.01. The highest BCUT2D eigenvalue weighted by atomic mass is 32.3. The summed E-state index contributed by atoms with van der Waals surface area (Å²) in [5.41, 5.74) is 8.37. The molecule has 3 aromatic carbocycles. The van der Waals surface area contributed by atoms with Crippen molar-refractivity contribution in [1.82, 2.24) is 0 Å². The standard InChI is InChI=1S/C24H18.H2O4S/c1-3-9-19-17(7-1)13-15-23(19)21-11-5-6-12-22(21)24-16-14-18-8-2-4-10-20(18)24;1-5(2,3)4/h1-16,23-24H;(H2,1,2,3,4). The van der Waals surface area contributed by atoms with Gasteiger partial charge in [0.15, 0.2) is 0 Å². The number of allylic oxidation sites excluding steroid dienone is 2. The molecule has 2 N–H and O–H groups in total. The Morgan fingerprint density at radius 3 is 1.24 bits per heavy atom. The lowest BCUT2D eigenvalue weighted by Gasteiger charge is -2.20. The van der Waals surface area contributed by atoms with Gasteiger partial charge in [0.05, 0.1) is 0 Å². The summed E-state index contributed by atoms with van der Waals surface area (Å²) in [5, 5.41) is 0. The summed E-state index contributed by atoms with van der Waals surface area (Å²) in [6.07, 6.45) is 9.20. The Labute approximate surface area is 170 Å². The van der Waals surface area contributed by atoms with E-state index in [1.807, 2.05) is 0 Å². The van der Waals surface area contributed by atoms with Gasteiger partial charge in [0, 0.05) is 11.8 Å². The van der Waals surface area contributed by atoms with Crippen LogP contribution >= 0.6 is 0 Å². The molecule has 5 rings (SSSR count). The highest BCUT2D eigenvalue weighted by molar-refractivity contribution is 7.79. The molecule has 2 unspecified atom stereocenters. The molecule has 0 spiro atoms. The van der Waals surface area contributed by atoms with Crippen molar-refractivity contribution in [2.45, 2.75) is 11.8 Å². The van der Waals surface area contributed by atoms with E-state index in [0.717, 1.165) is 0 Å². The Bertz CT molecular complexity index is 1120. The Morgan fingerprint density at radius 2 is 0.862 bits per heavy atom. The van der Waals surface area contributed by atoms with Crippen LogP contribution < -0.4 is 0 Å². The molecule has 3 aromatic rings. The van der Waals surface area contributed by atoms with E-state index in [1.165, 1.54) is 33.4 Å². The second-order valence-corrected chi connectivity index (χ2v) is 7.90. The first-order chi connectivity index (χ1) is 13.9. The van der Waals surface area contributed by atoms with Crippen LogP contribution in [-0.4, -0.2) is 17.5 Å². The topological polar surface area (TPSA) is 74.6 Å². The van der Waals surface area contributed by atoms with Crippen LogP contribution in [0.2, 0.25) is 0 Å². The molecule has 2 atom stereocenters. The van der Waals surface area contributed by atoms with E-state index < -0.39 is 10.4 Å². The minimum atomic E-state index is -4.67. The zero-order chi connectivity index (χ0) is 20.4. The average molecular weight is 404 g/mol. The van der Waals surface area contributed by atoms with Gasteiger partial charge < -0.3 is 0 Å². The van der Waals surface area contributed by atoms with Crippen LogP contribution in [0.4, 0.5) is 0 Å². The predicted molar refractivity (Wildman–Crippen MR) is 115 cm³/mol. The summed E-state index contributed by atoms with van der Waals surface area (Å²) in [4.78, 5) is 0. The maximum atomic E-state index is 8.74. The molecule has 0 saturated carbocycles. The van der Waals surface area contributed by atoms with Crippen molar-refractivity contribution in [2.75, 3.05) is 0 Å². The molecule has 2 aliphatic carbocycles. The SMILES string of the molecule is C1=CC(c2ccccc2C2C=Cc3ccccc32)c2ccccc21.O=S(=O)(O)O. The largest absolute Gasteiger partial charge is 0.394 e. The van der Waals surface area contributed by atoms with Crippen LogP contribution in [0.3, 0.4) is 0 Å². The van der Waals surface area contributed by atoms with Crippen molar-refractivity contribution in [3.05, 3.63) is 118 Å². The average Bonchev–Trinajstić information content (AvgIpc) is 3.31. The van der Waals surface area contributed by atoms with Crippen LogP contribution in [-0.2, 0) is 10.4 Å². The molecule has 5 heteroatoms. The molecule has 0 radical (unpaired) electrons. The van der Waals surface area contributed by atoms with Crippen molar-refractivity contribution in [2.24, 2.45) is 0 Å². The lowest BCUT2D eigenvalue weighted by molar-refractivity contribution is 0.381. The summed E-state index contributed by atoms with van der Waals surface area (Å²) in [5.74, 6) is 0.720. The fourth-order valence-electron chi connectivity index (χ4n) is 4.12. The van der Waals surface area contributed by atoms with Gasteiger partial charge in [-0.25, -0.2) is 0 Å². The molecule has 0 aliphatic heterocycles. The fourth-order valence-corrected chi connectivity index (χ4v) is 4.12. The van der Waals surface area contributed by atoms with Gasteiger partial charge in [0.2, 0.25) is 0 Å². The molecule has 2 aliphatic rings. The van der Waals surface area contributed by atoms with E-state index in [-0.39, 0.29) is 0 Å². The molecule has 0 bridgehead atoms. The first kappa shape index (κ1) is 19.3. The highest BCUT2D eigenvalue weighted by Gasteiger charge is 2.26. The number of benzene rings is 3. The summed E-state index contributed by atoms with van der Waals surface area (Å²) >= 11 is 0. The predicted octanol–water partition coefficient (Wildman–Crippen LogP) is 5.35. The van der Waals surface area contributed by atoms with Crippen LogP contribution in [0.5, 0.6) is 0 Å². The summed E-state index contributed by atoms with van der Waals surface area (Å²) in [6.45, 7) is 0. The summed E-state index contributed by atoms with van der Waals surface area (Å²) < 4.78 is 31.6. The van der Waals surface area contributed by atoms with Crippen molar-refractivity contribution < 1.29 is 17.5 Å². The quantitative estimate of drug-likeness (QED) is 0.565. The van der Waals surface area contributed by atoms with Crippen molar-refractivity contribution in [3.8, 4) is 0 Å². The molecule has 0 fully saturated rings. The number of fused-ring (bicyclic) bond motifs is 2. The fraction of sp³-hybridized carbons (Fsp3) is 0.0833. The van der Waals surface area contributed by atoms with E-state index in [0.29, 0.717) is 11.8 Å². The van der Waals surface area contributed by atoms with Crippen LogP contribution in [0.25, 0.3) is 12.2 Å². The van der Waals surface area contributed by atoms with Crippen molar-refractivity contribution in [3.63, 3.8) is 0 Å². The van der Waals surface area contributed by atoms with E-state index in [1.54, 1.807) is 0 Å². The van der Waals surface area contributed by atoms with Crippen molar-refractivity contribution >= 4 is 22.6 Å². The van der Waals surface area contributed by atoms with Crippen LogP contribution in [0.15, 0.2) is 84.9 Å². The van der Waals surface area contributed by atoms with E-state index in [9.17, 15) is 0 Å². The number of rotatable bonds is 2. The van der Waals surface area contributed by atoms with Gasteiger partial charge in [-0.15, -0.1) is 0 Å². The Hall–Kier alpha value is -2.99. The smallest absolute Gasteiger partial charge is 0.264 e. The maximum Gasteiger partial charge on any atom is 0.394 e. The van der Waals surface area contributed by atoms with Gasteiger partial charge in [0.1, 0.15) is 0 Å². The molecule has 0 amide bonds. The van der Waals surface area contributed by atoms with Crippen LogP contribution in [0, 0.1) is 0 Å². The number of hydrogen-bond acceptors (Lipinski definition) is 2. The van der Waals surface area contributed by atoms with Gasteiger partial charge in [-0.05, 0) is 33.4 Å². The third-order valence-corrected chi connectivity index (χ3v) is 5.26. The first-order valence-corrected chi connectivity index (χ1v) is 10.6. The van der Waals surface area contributed by atoms with Gasteiger partial charge in [-0.3, -0.25) is 9.11 Å². The Morgan fingerprint density at radius 1 is 0.552 bits per heavy atom. The molecule has 0 saturated heterocycles. The third-order valence-electron chi connectivity index (χ3n) is 5.26. The maximum absolute atomic E-state index is 8.74. The van der Waals surface area contributed by atoms with Gasteiger partial charge in [0.25, 0.3) is 0 Å². The molecular formula is C24H20O4S. The van der Waals surface area contributed by atoms with E-state index in [4.69, 9.17) is 17.5 Å². The molecule has 29 heavy (non-hydrogen) atoms. The number of hydrogen-bond donors (Lipinski definition) is 2. The Kier molecular flexibility index (Phi) is 5.20. The zero-order valence-electron chi connectivity index (χ0n) is 15.5. The molecule has 0 heterocycles. The van der Waals surface area contributed by atoms with Gasteiger partial charge in [-0.2, -0.15) is 8.42 Å². The lowest BCUT2D eigenvalue weighted by Crippen LogP contribution is -2.05. The highest BCUT2D eigenvalue weighted by Crippen LogP contribution is 2.42. The zero-order valence-corrected chi connectivity index (χ0v) is 16.3. The minimum absolute atomic E-state index is 0.360. The van der Waals surface area contributed by atoms with E-state index >= 15 is 0 Å². The van der Waals surface area contributed by atoms with Crippen molar-refractivity contribution in [1.29, 1.82) is 0 Å². The summed E-state index contributed by atoms with van der Waals surface area (Å²) in [6, 6.07) is 26.4. The minimum Gasteiger partial charge on any atom is -0.264 e. The molecule has 0 aromatic heterocycles. The normalized spacial score (nSPS) is 18.7. The first-order valence-electron chi connectivity index (χ1n) is 9.25. The van der Waals surface area contributed by atoms with E-state index in [2.05, 4.69) is 97.1 Å². The summed E-state index contributed by atoms with van der Waals surface area (Å²) in [7, 11) is -4.67. The monoisotopic (exact) mass is 404 g/mol. The van der Waals surface area contributed by atoms with Crippen LogP contribution in [0.1, 0.15) is 45.2 Å². The van der Waals surface area contributed by atoms with Gasteiger partial charge in [-0.1, -0.05) is 97.1 Å². The van der Waals surface area contributed by atoms with Gasteiger partial charge >= 0.3 is 10.4 Å². The molecule has 4 nitrogen and oxygen atoms in total.